The highest BCUT2D eigenvalue weighted by molar-refractivity contribution is 7.18. The molecule has 0 bridgehead atoms. The largest absolute Gasteiger partial charge is 0.364 e. The SMILES string of the molecule is NCc1cccc(CNC(=O)COCc2nc3ccccc3s2)c1. The third kappa shape index (κ3) is 4.38. The molecule has 1 heterocycles. The lowest BCUT2D eigenvalue weighted by Crippen LogP contribution is -2.27. The van der Waals surface area contributed by atoms with Crippen molar-refractivity contribution in [2.45, 2.75) is 19.7 Å². The number of aromatic nitrogens is 1. The van der Waals surface area contributed by atoms with Crippen LogP contribution in [-0.4, -0.2) is 17.5 Å². The molecule has 0 spiro atoms. The number of carbonyl (C=O) groups is 1. The zero-order valence-electron chi connectivity index (χ0n) is 13.2. The van der Waals surface area contributed by atoms with Gasteiger partial charge in [-0.15, -0.1) is 11.3 Å². The van der Waals surface area contributed by atoms with Crippen molar-refractivity contribution in [3.63, 3.8) is 0 Å². The van der Waals surface area contributed by atoms with E-state index in [9.17, 15) is 4.79 Å². The summed E-state index contributed by atoms with van der Waals surface area (Å²) in [6.45, 7) is 1.33. The van der Waals surface area contributed by atoms with E-state index in [1.807, 2.05) is 48.5 Å². The molecular weight excluding hydrogens is 322 g/mol. The smallest absolute Gasteiger partial charge is 0.246 e. The van der Waals surface area contributed by atoms with Gasteiger partial charge in [-0.3, -0.25) is 4.79 Å². The maximum Gasteiger partial charge on any atom is 0.246 e. The fourth-order valence-electron chi connectivity index (χ4n) is 2.33. The number of amides is 1. The Kier molecular flexibility index (Phi) is 5.53. The van der Waals surface area contributed by atoms with E-state index in [1.54, 1.807) is 11.3 Å². The molecule has 0 aliphatic heterocycles. The van der Waals surface area contributed by atoms with E-state index in [0.29, 0.717) is 19.7 Å². The number of hydrogen-bond donors (Lipinski definition) is 2. The van der Waals surface area contributed by atoms with Crippen molar-refractivity contribution in [1.29, 1.82) is 0 Å². The van der Waals surface area contributed by atoms with Gasteiger partial charge >= 0.3 is 0 Å². The Labute approximate surface area is 144 Å². The van der Waals surface area contributed by atoms with E-state index in [1.165, 1.54) is 0 Å². The number of thiazole rings is 1. The lowest BCUT2D eigenvalue weighted by atomic mass is 10.1. The fourth-order valence-corrected chi connectivity index (χ4v) is 3.24. The van der Waals surface area contributed by atoms with Crippen molar-refractivity contribution >= 4 is 27.5 Å². The van der Waals surface area contributed by atoms with Crippen molar-refractivity contribution in [2.75, 3.05) is 6.61 Å². The summed E-state index contributed by atoms with van der Waals surface area (Å²) in [5.74, 6) is -0.144. The molecule has 0 fully saturated rings. The highest BCUT2D eigenvalue weighted by Crippen LogP contribution is 2.21. The van der Waals surface area contributed by atoms with E-state index < -0.39 is 0 Å². The van der Waals surface area contributed by atoms with Crippen LogP contribution in [0.4, 0.5) is 0 Å². The summed E-state index contributed by atoms with van der Waals surface area (Å²) in [6, 6.07) is 15.8. The van der Waals surface area contributed by atoms with Gasteiger partial charge in [0.2, 0.25) is 5.91 Å². The van der Waals surface area contributed by atoms with Crippen LogP contribution in [0.15, 0.2) is 48.5 Å². The molecule has 0 atom stereocenters. The molecule has 0 aliphatic rings. The third-order valence-corrected chi connectivity index (χ3v) is 4.52. The number of carbonyl (C=O) groups excluding carboxylic acids is 1. The molecule has 0 aliphatic carbocycles. The number of ether oxygens (including phenoxy) is 1. The molecule has 3 rings (SSSR count). The number of rotatable bonds is 7. The highest BCUT2D eigenvalue weighted by Gasteiger charge is 2.06. The predicted molar refractivity (Wildman–Crippen MR) is 95.5 cm³/mol. The molecule has 0 radical (unpaired) electrons. The Hall–Kier alpha value is -2.28. The van der Waals surface area contributed by atoms with Gasteiger partial charge in [-0.25, -0.2) is 4.98 Å². The van der Waals surface area contributed by atoms with Crippen LogP contribution in [0.3, 0.4) is 0 Å². The summed E-state index contributed by atoms with van der Waals surface area (Å²) in [5, 5.41) is 3.72. The predicted octanol–water partition coefficient (Wildman–Crippen LogP) is 2.59. The van der Waals surface area contributed by atoms with Gasteiger partial charge in [-0.05, 0) is 23.3 Å². The van der Waals surface area contributed by atoms with Crippen LogP contribution in [0.2, 0.25) is 0 Å². The zero-order valence-corrected chi connectivity index (χ0v) is 14.0. The Morgan fingerprint density at radius 3 is 2.83 bits per heavy atom. The van der Waals surface area contributed by atoms with Gasteiger partial charge in [-0.2, -0.15) is 0 Å². The van der Waals surface area contributed by atoms with Crippen LogP contribution in [0.25, 0.3) is 10.2 Å². The summed E-state index contributed by atoms with van der Waals surface area (Å²) in [4.78, 5) is 16.3. The number of para-hydroxylation sites is 1. The van der Waals surface area contributed by atoms with E-state index in [0.717, 1.165) is 26.4 Å². The van der Waals surface area contributed by atoms with Crippen LogP contribution in [0, 0.1) is 0 Å². The highest BCUT2D eigenvalue weighted by atomic mass is 32.1. The molecule has 2 aromatic carbocycles. The van der Waals surface area contributed by atoms with Crippen LogP contribution in [-0.2, 0) is 29.2 Å². The monoisotopic (exact) mass is 341 g/mol. The van der Waals surface area contributed by atoms with E-state index in [2.05, 4.69) is 10.3 Å². The van der Waals surface area contributed by atoms with Crippen LogP contribution in [0.5, 0.6) is 0 Å². The lowest BCUT2D eigenvalue weighted by Gasteiger charge is -2.07. The second-order valence-corrected chi connectivity index (χ2v) is 6.48. The molecule has 24 heavy (non-hydrogen) atoms. The van der Waals surface area contributed by atoms with Gasteiger partial charge in [0.15, 0.2) is 0 Å². The van der Waals surface area contributed by atoms with Crippen LogP contribution >= 0.6 is 11.3 Å². The van der Waals surface area contributed by atoms with Crippen molar-refractivity contribution in [3.8, 4) is 0 Å². The third-order valence-electron chi connectivity index (χ3n) is 3.51. The maximum absolute atomic E-state index is 11.9. The molecule has 3 aromatic rings. The first-order valence-corrected chi connectivity index (χ1v) is 8.53. The zero-order chi connectivity index (χ0) is 16.8. The lowest BCUT2D eigenvalue weighted by molar-refractivity contribution is -0.126. The topological polar surface area (TPSA) is 77.2 Å². The van der Waals surface area contributed by atoms with Gasteiger partial charge in [0, 0.05) is 13.1 Å². The maximum atomic E-state index is 11.9. The Balaban J connectivity index is 1.43. The number of fused-ring (bicyclic) bond motifs is 1. The summed E-state index contributed by atoms with van der Waals surface area (Å²) in [7, 11) is 0. The van der Waals surface area contributed by atoms with Gasteiger partial charge in [0.05, 0.1) is 16.8 Å². The number of hydrogen-bond acceptors (Lipinski definition) is 5. The minimum absolute atomic E-state index is 0.0203. The van der Waals surface area contributed by atoms with Crippen molar-refractivity contribution < 1.29 is 9.53 Å². The molecule has 0 saturated carbocycles. The minimum Gasteiger partial charge on any atom is -0.364 e. The molecule has 5 nitrogen and oxygen atoms in total. The molecule has 6 heteroatoms. The number of nitrogens with zero attached hydrogens (tertiary/aromatic N) is 1. The number of nitrogens with two attached hydrogens (primary N) is 1. The van der Waals surface area contributed by atoms with E-state index >= 15 is 0 Å². The standard InChI is InChI=1S/C18H19N3O2S/c19-9-13-4-3-5-14(8-13)10-20-17(22)11-23-12-18-21-15-6-1-2-7-16(15)24-18/h1-8H,9-12,19H2,(H,20,22). The van der Waals surface area contributed by atoms with Crippen molar-refractivity contribution in [1.82, 2.24) is 10.3 Å². The first kappa shape index (κ1) is 16.6. The first-order valence-electron chi connectivity index (χ1n) is 7.71. The number of benzene rings is 2. The second-order valence-electron chi connectivity index (χ2n) is 5.37. The average Bonchev–Trinajstić information content (AvgIpc) is 3.03. The normalized spacial score (nSPS) is 10.9. The van der Waals surface area contributed by atoms with Crippen molar-refractivity contribution in [2.24, 2.45) is 5.73 Å². The van der Waals surface area contributed by atoms with Gasteiger partial charge in [0.25, 0.3) is 0 Å². The summed E-state index contributed by atoms with van der Waals surface area (Å²) >= 11 is 1.58. The summed E-state index contributed by atoms with van der Waals surface area (Å²) in [6.07, 6.45) is 0. The molecule has 0 saturated heterocycles. The molecule has 124 valence electrons. The Bertz CT molecular complexity index is 799. The second kappa shape index (κ2) is 8.01. The van der Waals surface area contributed by atoms with E-state index in [4.69, 9.17) is 10.5 Å². The average molecular weight is 341 g/mol. The van der Waals surface area contributed by atoms with Gasteiger partial charge in [-0.1, -0.05) is 36.4 Å². The molecule has 1 amide bonds. The fraction of sp³-hybridized carbons (Fsp3) is 0.222. The van der Waals surface area contributed by atoms with Gasteiger partial charge < -0.3 is 15.8 Å². The Morgan fingerprint density at radius 2 is 2.00 bits per heavy atom. The summed E-state index contributed by atoms with van der Waals surface area (Å²) < 4.78 is 6.59. The summed E-state index contributed by atoms with van der Waals surface area (Å²) in [5.41, 5.74) is 8.65. The van der Waals surface area contributed by atoms with Crippen LogP contribution < -0.4 is 11.1 Å². The van der Waals surface area contributed by atoms with Gasteiger partial charge in [0.1, 0.15) is 11.6 Å². The number of nitrogens with one attached hydrogen (secondary N) is 1. The Morgan fingerprint density at radius 1 is 1.17 bits per heavy atom. The molecule has 1 aromatic heterocycles. The quantitative estimate of drug-likeness (QED) is 0.692. The minimum atomic E-state index is -0.144. The molecule has 3 N–H and O–H groups in total. The molecule has 0 unspecified atom stereocenters. The van der Waals surface area contributed by atoms with E-state index in [-0.39, 0.29) is 12.5 Å². The van der Waals surface area contributed by atoms with Crippen molar-refractivity contribution in [3.05, 3.63) is 64.7 Å². The van der Waals surface area contributed by atoms with Crippen LogP contribution in [0.1, 0.15) is 16.1 Å². The first-order chi connectivity index (χ1) is 11.7. The molecular formula is C18H19N3O2S.